The van der Waals surface area contributed by atoms with Crippen LogP contribution >= 0.6 is 27.5 Å². The molecule has 0 atom stereocenters. The Morgan fingerprint density at radius 2 is 2.32 bits per heavy atom. The fraction of sp³-hybridized carbons (Fsp3) is 0.231. The maximum Gasteiger partial charge on any atom is 0.251 e. The molecule has 6 heteroatoms. The van der Waals surface area contributed by atoms with Gasteiger partial charge in [-0.05, 0) is 34.1 Å². The van der Waals surface area contributed by atoms with Gasteiger partial charge in [-0.15, -0.1) is 0 Å². The van der Waals surface area contributed by atoms with Crippen LogP contribution in [0.3, 0.4) is 0 Å². The SMILES string of the molecule is CCc1cnc(CNC(=O)c2ccc(Cl)c(Br)c2)o1. The molecular weight excluding hydrogens is 332 g/mol. The van der Waals surface area contributed by atoms with E-state index in [1.807, 2.05) is 6.92 Å². The van der Waals surface area contributed by atoms with E-state index in [0.717, 1.165) is 12.2 Å². The molecule has 0 bridgehead atoms. The Hall–Kier alpha value is -1.33. The van der Waals surface area contributed by atoms with Gasteiger partial charge in [-0.25, -0.2) is 4.98 Å². The predicted octanol–water partition coefficient (Wildman–Crippen LogP) is 3.58. The van der Waals surface area contributed by atoms with E-state index in [1.165, 1.54) is 0 Å². The van der Waals surface area contributed by atoms with E-state index in [1.54, 1.807) is 24.4 Å². The Bertz CT molecular complexity index is 598. The first kappa shape index (κ1) is 14.1. The largest absolute Gasteiger partial charge is 0.444 e. The summed E-state index contributed by atoms with van der Waals surface area (Å²) in [6, 6.07) is 5.00. The van der Waals surface area contributed by atoms with Gasteiger partial charge in [0.15, 0.2) is 0 Å². The molecule has 1 N–H and O–H groups in total. The molecule has 1 aromatic heterocycles. The van der Waals surface area contributed by atoms with Crippen molar-refractivity contribution in [3.05, 3.63) is 51.1 Å². The summed E-state index contributed by atoms with van der Waals surface area (Å²) in [5, 5.41) is 3.31. The number of oxazole rings is 1. The number of amides is 1. The minimum atomic E-state index is -0.200. The van der Waals surface area contributed by atoms with E-state index < -0.39 is 0 Å². The first-order valence-corrected chi connectivity index (χ1v) is 6.94. The lowest BCUT2D eigenvalue weighted by Gasteiger charge is -2.04. The molecule has 0 unspecified atom stereocenters. The minimum absolute atomic E-state index is 0.200. The van der Waals surface area contributed by atoms with Crippen molar-refractivity contribution in [3.63, 3.8) is 0 Å². The quantitative estimate of drug-likeness (QED) is 0.923. The second-order valence-electron chi connectivity index (χ2n) is 3.89. The first-order valence-electron chi connectivity index (χ1n) is 5.77. The smallest absolute Gasteiger partial charge is 0.251 e. The van der Waals surface area contributed by atoms with Crippen molar-refractivity contribution < 1.29 is 9.21 Å². The maximum absolute atomic E-state index is 11.9. The monoisotopic (exact) mass is 342 g/mol. The Kier molecular flexibility index (Phi) is 4.61. The third kappa shape index (κ3) is 3.58. The Labute approximate surface area is 124 Å². The number of hydrogen-bond donors (Lipinski definition) is 1. The summed E-state index contributed by atoms with van der Waals surface area (Å²) in [6.45, 7) is 2.24. The van der Waals surface area contributed by atoms with Crippen LogP contribution in [0.15, 0.2) is 33.3 Å². The fourth-order valence-electron chi connectivity index (χ4n) is 1.49. The zero-order chi connectivity index (χ0) is 13.8. The highest BCUT2D eigenvalue weighted by molar-refractivity contribution is 9.10. The second kappa shape index (κ2) is 6.21. The van der Waals surface area contributed by atoms with E-state index in [2.05, 4.69) is 26.2 Å². The van der Waals surface area contributed by atoms with Gasteiger partial charge in [0.05, 0.1) is 17.8 Å². The number of halogens is 2. The summed E-state index contributed by atoms with van der Waals surface area (Å²) in [6.07, 6.45) is 2.45. The number of aromatic nitrogens is 1. The minimum Gasteiger partial charge on any atom is -0.444 e. The van der Waals surface area contributed by atoms with Gasteiger partial charge >= 0.3 is 0 Å². The molecule has 19 heavy (non-hydrogen) atoms. The molecule has 0 aliphatic rings. The Morgan fingerprint density at radius 3 is 2.95 bits per heavy atom. The Balaban J connectivity index is 1.99. The number of carbonyl (C=O) groups is 1. The molecule has 0 saturated carbocycles. The summed E-state index contributed by atoms with van der Waals surface area (Å²) < 4.78 is 6.09. The zero-order valence-electron chi connectivity index (χ0n) is 10.2. The molecule has 0 saturated heterocycles. The number of benzene rings is 1. The summed E-state index contributed by atoms with van der Waals surface area (Å²) >= 11 is 9.15. The van der Waals surface area contributed by atoms with Crippen molar-refractivity contribution in [1.29, 1.82) is 0 Å². The molecule has 2 rings (SSSR count). The van der Waals surface area contributed by atoms with Gasteiger partial charge in [0.1, 0.15) is 5.76 Å². The number of nitrogens with one attached hydrogen (secondary N) is 1. The predicted molar refractivity (Wildman–Crippen MR) is 76.2 cm³/mol. The van der Waals surface area contributed by atoms with Gasteiger partial charge in [-0.3, -0.25) is 4.79 Å². The number of rotatable bonds is 4. The highest BCUT2D eigenvalue weighted by Crippen LogP contribution is 2.23. The molecule has 100 valence electrons. The number of carbonyl (C=O) groups excluding carboxylic acids is 1. The summed E-state index contributed by atoms with van der Waals surface area (Å²) in [7, 11) is 0. The molecule has 1 amide bonds. The van der Waals surface area contributed by atoms with Gasteiger partial charge in [-0.2, -0.15) is 0 Å². The first-order chi connectivity index (χ1) is 9.10. The van der Waals surface area contributed by atoms with Gasteiger partial charge < -0.3 is 9.73 Å². The molecule has 1 heterocycles. The second-order valence-corrected chi connectivity index (χ2v) is 5.15. The van der Waals surface area contributed by atoms with Crippen molar-refractivity contribution in [2.45, 2.75) is 19.9 Å². The van der Waals surface area contributed by atoms with Crippen LogP contribution in [0.25, 0.3) is 0 Å². The van der Waals surface area contributed by atoms with E-state index in [4.69, 9.17) is 16.0 Å². The Morgan fingerprint density at radius 1 is 1.53 bits per heavy atom. The van der Waals surface area contributed by atoms with Crippen LogP contribution < -0.4 is 5.32 Å². The van der Waals surface area contributed by atoms with Gasteiger partial charge in [-0.1, -0.05) is 18.5 Å². The average Bonchev–Trinajstić information content (AvgIpc) is 2.87. The molecule has 1 aromatic carbocycles. The number of hydrogen-bond acceptors (Lipinski definition) is 3. The van der Waals surface area contributed by atoms with Crippen molar-refractivity contribution >= 4 is 33.4 Å². The van der Waals surface area contributed by atoms with Crippen LogP contribution in [0.5, 0.6) is 0 Å². The van der Waals surface area contributed by atoms with Gasteiger partial charge in [0.2, 0.25) is 5.89 Å². The summed E-state index contributed by atoms with van der Waals surface area (Å²) in [5.74, 6) is 1.10. The third-order valence-corrected chi connectivity index (χ3v) is 3.75. The number of nitrogens with zero attached hydrogens (tertiary/aromatic N) is 1. The lowest BCUT2D eigenvalue weighted by molar-refractivity contribution is 0.0947. The molecular formula is C13H12BrClN2O2. The molecule has 0 fully saturated rings. The van der Waals surface area contributed by atoms with Gasteiger partial charge in [0, 0.05) is 16.5 Å². The van der Waals surface area contributed by atoms with Crippen LogP contribution in [0.4, 0.5) is 0 Å². The summed E-state index contributed by atoms with van der Waals surface area (Å²) in [5.41, 5.74) is 0.526. The van der Waals surface area contributed by atoms with E-state index in [9.17, 15) is 4.79 Å². The molecule has 4 nitrogen and oxygen atoms in total. The standard InChI is InChI=1S/C13H12BrClN2O2/c1-2-9-6-16-12(19-9)7-17-13(18)8-3-4-11(15)10(14)5-8/h3-6H,2,7H2,1H3,(H,17,18). The highest BCUT2D eigenvalue weighted by atomic mass is 79.9. The van der Waals surface area contributed by atoms with E-state index >= 15 is 0 Å². The van der Waals surface area contributed by atoms with E-state index in [-0.39, 0.29) is 12.5 Å². The molecule has 0 aliphatic carbocycles. The highest BCUT2D eigenvalue weighted by Gasteiger charge is 2.09. The van der Waals surface area contributed by atoms with E-state index in [0.29, 0.717) is 20.9 Å². The molecule has 0 spiro atoms. The van der Waals surface area contributed by atoms with Crippen LogP contribution in [-0.4, -0.2) is 10.9 Å². The zero-order valence-corrected chi connectivity index (χ0v) is 12.6. The van der Waals surface area contributed by atoms with Crippen molar-refractivity contribution in [2.75, 3.05) is 0 Å². The molecule has 0 radical (unpaired) electrons. The fourth-order valence-corrected chi connectivity index (χ4v) is 1.98. The number of aryl methyl sites for hydroxylation is 1. The van der Waals surface area contributed by atoms with Crippen LogP contribution in [0.1, 0.15) is 28.9 Å². The lowest BCUT2D eigenvalue weighted by Crippen LogP contribution is -2.22. The van der Waals surface area contributed by atoms with Crippen LogP contribution in [-0.2, 0) is 13.0 Å². The normalized spacial score (nSPS) is 10.5. The summed E-state index contributed by atoms with van der Waals surface area (Å²) in [4.78, 5) is 16.0. The van der Waals surface area contributed by atoms with Crippen molar-refractivity contribution in [3.8, 4) is 0 Å². The molecule has 0 aliphatic heterocycles. The lowest BCUT2D eigenvalue weighted by atomic mass is 10.2. The molecule has 2 aromatic rings. The topological polar surface area (TPSA) is 55.1 Å². The van der Waals surface area contributed by atoms with Crippen molar-refractivity contribution in [1.82, 2.24) is 10.3 Å². The third-order valence-electron chi connectivity index (χ3n) is 2.53. The van der Waals surface area contributed by atoms with Crippen LogP contribution in [0, 0.1) is 0 Å². The maximum atomic E-state index is 11.9. The van der Waals surface area contributed by atoms with Crippen molar-refractivity contribution in [2.24, 2.45) is 0 Å². The average molecular weight is 344 g/mol. The van der Waals surface area contributed by atoms with Gasteiger partial charge in [0.25, 0.3) is 5.91 Å². The van der Waals surface area contributed by atoms with Crippen LogP contribution in [0.2, 0.25) is 5.02 Å².